The Labute approximate surface area is 134 Å². The SMILES string of the molecule is C=C(N=CCC)C(=NC)NC1CCC(N2CCOCC2)CC1. The molecule has 1 aliphatic heterocycles. The molecule has 1 saturated heterocycles. The molecule has 1 saturated carbocycles. The van der Waals surface area contributed by atoms with E-state index in [0.29, 0.717) is 6.04 Å². The molecular weight excluding hydrogens is 276 g/mol. The molecule has 0 unspecified atom stereocenters. The van der Waals surface area contributed by atoms with Gasteiger partial charge in [0.25, 0.3) is 0 Å². The number of amidine groups is 1. The van der Waals surface area contributed by atoms with Gasteiger partial charge in [0, 0.05) is 38.4 Å². The summed E-state index contributed by atoms with van der Waals surface area (Å²) in [5.74, 6) is 0.833. The van der Waals surface area contributed by atoms with Crippen molar-refractivity contribution in [1.29, 1.82) is 0 Å². The van der Waals surface area contributed by atoms with Gasteiger partial charge in [0.15, 0.2) is 0 Å². The minimum Gasteiger partial charge on any atom is -0.379 e. The minimum absolute atomic E-state index is 0.490. The van der Waals surface area contributed by atoms with Crippen molar-refractivity contribution in [1.82, 2.24) is 10.2 Å². The Balaban J connectivity index is 1.78. The fourth-order valence-corrected chi connectivity index (χ4v) is 3.26. The quantitative estimate of drug-likeness (QED) is 0.626. The van der Waals surface area contributed by atoms with Gasteiger partial charge in [-0.2, -0.15) is 0 Å². The summed E-state index contributed by atoms with van der Waals surface area (Å²) in [5, 5.41) is 3.53. The summed E-state index contributed by atoms with van der Waals surface area (Å²) in [5.41, 5.74) is 0.736. The molecule has 2 aliphatic rings. The van der Waals surface area contributed by atoms with Crippen LogP contribution in [0.15, 0.2) is 22.3 Å². The third-order valence-electron chi connectivity index (χ3n) is 4.53. The highest BCUT2D eigenvalue weighted by molar-refractivity contribution is 5.98. The predicted molar refractivity (Wildman–Crippen MR) is 92.9 cm³/mol. The summed E-state index contributed by atoms with van der Waals surface area (Å²) in [6.07, 6.45) is 7.67. The van der Waals surface area contributed by atoms with Crippen molar-refractivity contribution >= 4 is 12.1 Å². The molecule has 2 rings (SSSR count). The molecule has 1 aliphatic carbocycles. The van der Waals surface area contributed by atoms with Crippen LogP contribution in [0.1, 0.15) is 39.0 Å². The van der Waals surface area contributed by atoms with Crippen LogP contribution in [0.25, 0.3) is 0 Å². The first-order chi connectivity index (χ1) is 10.7. The van der Waals surface area contributed by atoms with Crippen molar-refractivity contribution in [2.24, 2.45) is 9.98 Å². The van der Waals surface area contributed by atoms with Crippen LogP contribution in [0.3, 0.4) is 0 Å². The Morgan fingerprint density at radius 3 is 2.55 bits per heavy atom. The number of nitrogens with zero attached hydrogens (tertiary/aromatic N) is 3. The Bertz CT molecular complexity index is 405. The Hall–Kier alpha value is -1.20. The van der Waals surface area contributed by atoms with Crippen LogP contribution in [0.5, 0.6) is 0 Å². The van der Waals surface area contributed by atoms with E-state index < -0.39 is 0 Å². The van der Waals surface area contributed by atoms with Crippen LogP contribution < -0.4 is 5.32 Å². The molecule has 0 aromatic rings. The van der Waals surface area contributed by atoms with E-state index in [2.05, 4.69) is 33.7 Å². The van der Waals surface area contributed by atoms with E-state index in [4.69, 9.17) is 4.74 Å². The molecule has 22 heavy (non-hydrogen) atoms. The highest BCUT2D eigenvalue weighted by atomic mass is 16.5. The van der Waals surface area contributed by atoms with Crippen molar-refractivity contribution in [3.05, 3.63) is 12.3 Å². The van der Waals surface area contributed by atoms with Gasteiger partial charge in [-0.3, -0.25) is 14.9 Å². The van der Waals surface area contributed by atoms with Gasteiger partial charge in [0.2, 0.25) is 0 Å². The van der Waals surface area contributed by atoms with Crippen LogP contribution in [-0.4, -0.2) is 62.4 Å². The number of hydrogen-bond acceptors (Lipinski definition) is 4. The van der Waals surface area contributed by atoms with Crippen LogP contribution in [0.4, 0.5) is 0 Å². The first kappa shape index (κ1) is 17.2. The van der Waals surface area contributed by atoms with Gasteiger partial charge in [0.1, 0.15) is 5.84 Å². The molecule has 5 heteroatoms. The molecule has 0 radical (unpaired) electrons. The summed E-state index contributed by atoms with van der Waals surface area (Å²) in [4.78, 5) is 11.2. The normalized spacial score (nSPS) is 28.0. The number of rotatable bonds is 5. The van der Waals surface area contributed by atoms with Gasteiger partial charge >= 0.3 is 0 Å². The fraction of sp³-hybridized carbons (Fsp3) is 0.765. The van der Waals surface area contributed by atoms with Crippen LogP contribution >= 0.6 is 0 Å². The van der Waals surface area contributed by atoms with Gasteiger partial charge in [-0.15, -0.1) is 0 Å². The zero-order valence-electron chi connectivity index (χ0n) is 14.1. The molecule has 0 aromatic carbocycles. The lowest BCUT2D eigenvalue weighted by Gasteiger charge is -2.39. The van der Waals surface area contributed by atoms with E-state index in [-0.39, 0.29) is 0 Å². The van der Waals surface area contributed by atoms with Crippen LogP contribution in [-0.2, 0) is 4.74 Å². The van der Waals surface area contributed by atoms with Crippen molar-refractivity contribution in [2.45, 2.75) is 51.1 Å². The number of hydrogen-bond donors (Lipinski definition) is 1. The summed E-state index contributed by atoms with van der Waals surface area (Å²) < 4.78 is 5.44. The molecule has 5 nitrogen and oxygen atoms in total. The Morgan fingerprint density at radius 2 is 1.95 bits per heavy atom. The maximum absolute atomic E-state index is 5.44. The average Bonchev–Trinajstić information content (AvgIpc) is 2.59. The monoisotopic (exact) mass is 306 g/mol. The van der Waals surface area contributed by atoms with Crippen molar-refractivity contribution < 1.29 is 4.74 Å². The molecule has 0 spiro atoms. The Morgan fingerprint density at radius 1 is 1.27 bits per heavy atom. The zero-order valence-corrected chi connectivity index (χ0v) is 14.1. The van der Waals surface area contributed by atoms with Crippen molar-refractivity contribution in [3.63, 3.8) is 0 Å². The third-order valence-corrected chi connectivity index (χ3v) is 4.53. The predicted octanol–water partition coefficient (Wildman–Crippen LogP) is 2.24. The maximum atomic E-state index is 5.44. The summed E-state index contributed by atoms with van der Waals surface area (Å²) in [7, 11) is 1.80. The second-order valence-corrected chi connectivity index (χ2v) is 6.04. The number of ether oxygens (including phenoxy) is 1. The van der Waals surface area contributed by atoms with E-state index in [0.717, 1.165) is 50.3 Å². The zero-order chi connectivity index (χ0) is 15.8. The van der Waals surface area contributed by atoms with Crippen molar-refractivity contribution in [2.75, 3.05) is 33.4 Å². The van der Waals surface area contributed by atoms with E-state index in [1.165, 1.54) is 25.7 Å². The largest absolute Gasteiger partial charge is 0.379 e. The number of aliphatic imine (C=N–C) groups is 2. The van der Waals surface area contributed by atoms with Gasteiger partial charge in [-0.05, 0) is 32.1 Å². The lowest BCUT2D eigenvalue weighted by molar-refractivity contribution is 0.00704. The third kappa shape index (κ3) is 4.92. The van der Waals surface area contributed by atoms with E-state index >= 15 is 0 Å². The van der Waals surface area contributed by atoms with E-state index in [9.17, 15) is 0 Å². The van der Waals surface area contributed by atoms with Crippen LogP contribution in [0.2, 0.25) is 0 Å². The van der Waals surface area contributed by atoms with Crippen LogP contribution in [0, 0.1) is 0 Å². The van der Waals surface area contributed by atoms with E-state index in [1.54, 1.807) is 7.05 Å². The van der Waals surface area contributed by atoms with E-state index in [1.807, 2.05) is 6.21 Å². The standard InChI is InChI=1S/C17H30N4O/c1-4-9-19-14(2)17(18-3)20-15-5-7-16(8-6-15)21-10-12-22-13-11-21/h9,15-16H,2,4-8,10-13H2,1,3H3,(H,18,20). The molecule has 0 bridgehead atoms. The average molecular weight is 306 g/mol. The van der Waals surface area contributed by atoms with Gasteiger partial charge in [0.05, 0.1) is 18.9 Å². The second kappa shape index (κ2) is 9.06. The molecule has 0 aromatic heterocycles. The second-order valence-electron chi connectivity index (χ2n) is 6.04. The lowest BCUT2D eigenvalue weighted by Crippen LogP contribution is -2.47. The fourth-order valence-electron chi connectivity index (χ4n) is 3.26. The first-order valence-corrected chi connectivity index (χ1v) is 8.51. The van der Waals surface area contributed by atoms with Gasteiger partial charge in [-0.25, -0.2) is 0 Å². The summed E-state index contributed by atoms with van der Waals surface area (Å²) in [6.45, 7) is 10.0. The molecular formula is C17H30N4O. The Kier molecular flexibility index (Phi) is 7.06. The maximum Gasteiger partial charge on any atom is 0.146 e. The molecule has 1 heterocycles. The molecule has 0 amide bonds. The summed E-state index contributed by atoms with van der Waals surface area (Å²) in [6, 6.07) is 1.22. The highest BCUT2D eigenvalue weighted by Gasteiger charge is 2.27. The first-order valence-electron chi connectivity index (χ1n) is 8.51. The smallest absolute Gasteiger partial charge is 0.146 e. The highest BCUT2D eigenvalue weighted by Crippen LogP contribution is 2.24. The number of nitrogens with one attached hydrogen (secondary N) is 1. The molecule has 2 fully saturated rings. The topological polar surface area (TPSA) is 49.2 Å². The molecule has 124 valence electrons. The molecule has 1 N–H and O–H groups in total. The molecule has 0 atom stereocenters. The van der Waals surface area contributed by atoms with Crippen molar-refractivity contribution in [3.8, 4) is 0 Å². The van der Waals surface area contributed by atoms with Gasteiger partial charge in [-0.1, -0.05) is 13.5 Å². The van der Waals surface area contributed by atoms with Gasteiger partial charge < -0.3 is 10.1 Å². The summed E-state index contributed by atoms with van der Waals surface area (Å²) >= 11 is 0. The minimum atomic E-state index is 0.490. The number of morpholine rings is 1. The lowest BCUT2D eigenvalue weighted by atomic mass is 9.90.